The molecule has 2 aromatic carbocycles. The second-order valence-electron chi connectivity index (χ2n) is 6.54. The van der Waals surface area contributed by atoms with Crippen LogP contribution in [0.15, 0.2) is 54.6 Å². The molecule has 0 aromatic heterocycles. The van der Waals surface area contributed by atoms with Gasteiger partial charge < -0.3 is 24.1 Å². The molecule has 5 atom stereocenters. The highest BCUT2D eigenvalue weighted by Crippen LogP contribution is 2.31. The van der Waals surface area contributed by atoms with Gasteiger partial charge in [0.05, 0.1) is 29.3 Å². The van der Waals surface area contributed by atoms with Gasteiger partial charge in [0.2, 0.25) is 0 Å². The number of carbonyl (C=O) groups is 1. The van der Waals surface area contributed by atoms with Gasteiger partial charge in [0, 0.05) is 0 Å². The average Bonchev–Trinajstić information content (AvgIpc) is 2.72. The van der Waals surface area contributed by atoms with E-state index in [0.29, 0.717) is 12.2 Å². The number of alkyl halides is 1. The summed E-state index contributed by atoms with van der Waals surface area (Å²) in [6.45, 7) is 2.07. The Kier molecular flexibility index (Phi) is 7.28. The van der Waals surface area contributed by atoms with E-state index < -0.39 is 30.6 Å². The number of hydrogen-bond donors (Lipinski definition) is 1. The Bertz CT molecular complexity index is 766. The lowest BCUT2D eigenvalue weighted by Gasteiger charge is -2.41. The molecule has 0 unspecified atom stereocenters. The number of aliphatic hydroxyl groups excluding tert-OH is 1. The Balaban J connectivity index is 1.72. The summed E-state index contributed by atoms with van der Waals surface area (Å²) in [5.41, 5.74) is 1.41. The molecule has 0 amide bonds. The molecule has 1 aliphatic rings. The summed E-state index contributed by atoms with van der Waals surface area (Å²) < 4.78 is 22.1. The van der Waals surface area contributed by atoms with Gasteiger partial charge in [0.1, 0.15) is 11.9 Å². The number of aliphatic hydroxyl groups is 1. The van der Waals surface area contributed by atoms with Gasteiger partial charge in [-0.3, -0.25) is 0 Å². The fraction of sp³-hybridized carbons (Fsp3) is 0.381. The summed E-state index contributed by atoms with van der Waals surface area (Å²) in [5.74, 6) is 0.319. The van der Waals surface area contributed by atoms with Crippen LogP contribution in [-0.4, -0.2) is 46.7 Å². The van der Waals surface area contributed by atoms with Gasteiger partial charge in [-0.05, 0) is 36.8 Å². The summed E-state index contributed by atoms with van der Waals surface area (Å²) in [5, 5.41) is 10.2. The Morgan fingerprint density at radius 3 is 2.43 bits per heavy atom. The van der Waals surface area contributed by atoms with Crippen LogP contribution in [0.5, 0.6) is 5.75 Å². The van der Waals surface area contributed by atoms with E-state index >= 15 is 0 Å². The fourth-order valence-electron chi connectivity index (χ4n) is 3.01. The molecule has 0 spiro atoms. The maximum atomic E-state index is 12.5. The molecular formula is C21H23IO6. The third-order valence-electron chi connectivity index (χ3n) is 4.58. The number of carbonyl (C=O) groups excluding carboxylic acids is 1. The van der Waals surface area contributed by atoms with Gasteiger partial charge in [0.25, 0.3) is 0 Å². The van der Waals surface area contributed by atoms with E-state index in [0.717, 1.165) is 11.3 Å². The van der Waals surface area contributed by atoms with E-state index in [4.69, 9.17) is 18.9 Å². The van der Waals surface area contributed by atoms with Crippen molar-refractivity contribution in [1.82, 2.24) is 0 Å². The lowest BCUT2D eigenvalue weighted by Crippen LogP contribution is -2.56. The second-order valence-corrected chi connectivity index (χ2v) is 7.97. The van der Waals surface area contributed by atoms with E-state index in [9.17, 15) is 9.90 Å². The minimum Gasteiger partial charge on any atom is -0.497 e. The predicted molar refractivity (Wildman–Crippen MR) is 112 cm³/mol. The summed E-state index contributed by atoms with van der Waals surface area (Å²) in [6.07, 6.45) is -2.66. The second kappa shape index (κ2) is 9.69. The number of hydrogen-bond acceptors (Lipinski definition) is 6. The first kappa shape index (κ1) is 21.0. The predicted octanol–water partition coefficient (Wildman–Crippen LogP) is 3.35. The molecule has 0 aliphatic carbocycles. The minimum absolute atomic E-state index is 0.312. The van der Waals surface area contributed by atoms with Crippen LogP contribution in [0.3, 0.4) is 0 Å². The van der Waals surface area contributed by atoms with Crippen LogP contribution < -0.4 is 4.74 Å². The lowest BCUT2D eigenvalue weighted by molar-refractivity contribution is -0.230. The molecule has 28 heavy (non-hydrogen) atoms. The normalized spacial score (nSPS) is 27.2. The van der Waals surface area contributed by atoms with Crippen molar-refractivity contribution in [3.8, 4) is 5.75 Å². The molecule has 2 aromatic rings. The van der Waals surface area contributed by atoms with Gasteiger partial charge in [-0.1, -0.05) is 52.9 Å². The molecule has 6 nitrogen and oxygen atoms in total. The van der Waals surface area contributed by atoms with Gasteiger partial charge in [-0.25, -0.2) is 4.79 Å². The standard InChI is InChI=1S/C21H23IO6/c1-13-18(28-20(23)15-6-4-3-5-7-15)19(17(22)21(24)27-13)26-12-14-8-10-16(25-2)11-9-14/h3-11,13,17-19,21,24H,12H2,1-2H3/t13-,17+,18-,19+,21+/m0/s1. The number of methoxy groups -OCH3 is 1. The molecule has 7 heteroatoms. The number of ether oxygens (including phenoxy) is 4. The van der Waals surface area contributed by atoms with Gasteiger partial charge in [-0.2, -0.15) is 0 Å². The quantitative estimate of drug-likeness (QED) is 0.374. The van der Waals surface area contributed by atoms with Crippen molar-refractivity contribution in [3.63, 3.8) is 0 Å². The highest BCUT2D eigenvalue weighted by atomic mass is 127. The zero-order chi connectivity index (χ0) is 20.1. The Morgan fingerprint density at radius 1 is 1.11 bits per heavy atom. The first-order valence-electron chi connectivity index (χ1n) is 8.97. The highest BCUT2D eigenvalue weighted by molar-refractivity contribution is 14.1. The van der Waals surface area contributed by atoms with E-state index in [1.165, 1.54) is 0 Å². The van der Waals surface area contributed by atoms with E-state index in [1.807, 2.05) is 30.3 Å². The van der Waals surface area contributed by atoms with Crippen molar-refractivity contribution < 1.29 is 28.8 Å². The summed E-state index contributed by atoms with van der Waals surface area (Å²) in [7, 11) is 1.61. The molecule has 0 saturated carbocycles. The third-order valence-corrected chi connectivity index (χ3v) is 5.90. The highest BCUT2D eigenvalue weighted by Gasteiger charge is 2.45. The molecular weight excluding hydrogens is 475 g/mol. The first-order chi connectivity index (χ1) is 13.5. The molecule has 1 saturated heterocycles. The van der Waals surface area contributed by atoms with Crippen LogP contribution in [0.1, 0.15) is 22.8 Å². The SMILES string of the molecule is COc1ccc(CO[C@@H]2[C@@H](I)[C@H](O)O[C@@H](C)[C@@H]2OC(=O)c2ccccc2)cc1. The molecule has 3 rings (SSSR count). The smallest absolute Gasteiger partial charge is 0.338 e. The van der Waals surface area contributed by atoms with Gasteiger partial charge in [0.15, 0.2) is 12.4 Å². The molecule has 1 heterocycles. The molecule has 1 fully saturated rings. The summed E-state index contributed by atoms with van der Waals surface area (Å²) in [6, 6.07) is 16.3. The van der Waals surface area contributed by atoms with Crippen LogP contribution in [0.25, 0.3) is 0 Å². The first-order valence-corrected chi connectivity index (χ1v) is 10.2. The number of rotatable bonds is 6. The van der Waals surface area contributed by atoms with E-state index in [1.54, 1.807) is 38.3 Å². The Morgan fingerprint density at radius 2 is 1.79 bits per heavy atom. The minimum atomic E-state index is -0.997. The van der Waals surface area contributed by atoms with Crippen LogP contribution in [0.4, 0.5) is 0 Å². The zero-order valence-electron chi connectivity index (χ0n) is 15.7. The van der Waals surface area contributed by atoms with Crippen LogP contribution in [0, 0.1) is 0 Å². The van der Waals surface area contributed by atoms with Gasteiger partial charge in [-0.15, -0.1) is 0 Å². The number of esters is 1. The van der Waals surface area contributed by atoms with Crippen LogP contribution >= 0.6 is 22.6 Å². The van der Waals surface area contributed by atoms with E-state index in [2.05, 4.69) is 22.6 Å². The van der Waals surface area contributed by atoms with Crippen molar-refractivity contribution in [1.29, 1.82) is 0 Å². The van der Waals surface area contributed by atoms with E-state index in [-0.39, 0.29) is 3.92 Å². The summed E-state index contributed by atoms with van der Waals surface area (Å²) >= 11 is 2.07. The van der Waals surface area contributed by atoms with Crippen LogP contribution in [0.2, 0.25) is 0 Å². The van der Waals surface area contributed by atoms with Crippen LogP contribution in [-0.2, 0) is 20.8 Å². The van der Waals surface area contributed by atoms with Gasteiger partial charge >= 0.3 is 5.97 Å². The largest absolute Gasteiger partial charge is 0.497 e. The molecule has 1 aliphatic heterocycles. The summed E-state index contributed by atoms with van der Waals surface area (Å²) in [4.78, 5) is 12.5. The Labute approximate surface area is 177 Å². The number of benzene rings is 2. The third kappa shape index (κ3) is 5.02. The molecule has 1 N–H and O–H groups in total. The van der Waals surface area contributed by atoms with Crippen molar-refractivity contribution in [2.24, 2.45) is 0 Å². The maximum Gasteiger partial charge on any atom is 0.338 e. The van der Waals surface area contributed by atoms with Crippen molar-refractivity contribution in [2.75, 3.05) is 7.11 Å². The van der Waals surface area contributed by atoms with Crippen molar-refractivity contribution in [3.05, 3.63) is 65.7 Å². The lowest BCUT2D eigenvalue weighted by atomic mass is 10.0. The molecule has 150 valence electrons. The topological polar surface area (TPSA) is 74.2 Å². The average molecular weight is 498 g/mol. The number of halogens is 1. The fourth-order valence-corrected chi connectivity index (χ4v) is 3.80. The van der Waals surface area contributed by atoms with Crippen molar-refractivity contribution in [2.45, 2.75) is 42.1 Å². The molecule has 0 bridgehead atoms. The zero-order valence-corrected chi connectivity index (χ0v) is 17.8. The maximum absolute atomic E-state index is 12.5. The Hall–Kier alpha value is -1.68. The molecule has 0 radical (unpaired) electrons. The monoisotopic (exact) mass is 498 g/mol. The van der Waals surface area contributed by atoms with Crippen molar-refractivity contribution >= 4 is 28.6 Å².